The highest BCUT2D eigenvalue weighted by Gasteiger charge is 2.91. The number of rotatable bonds is 10. The van der Waals surface area contributed by atoms with Crippen molar-refractivity contribution in [1.29, 1.82) is 0 Å². The Morgan fingerprint density at radius 1 is 0.774 bits per heavy atom. The van der Waals surface area contributed by atoms with Crippen molar-refractivity contribution in [3.05, 3.63) is 59.9 Å². The van der Waals surface area contributed by atoms with Gasteiger partial charge in [0.05, 0.1) is 23.1 Å². The molecule has 1 spiro atoms. The van der Waals surface area contributed by atoms with E-state index in [-0.39, 0.29) is 11.3 Å². The van der Waals surface area contributed by atoms with Crippen LogP contribution in [0.5, 0.6) is 5.75 Å². The lowest BCUT2D eigenvalue weighted by molar-refractivity contribution is -0.388. The third-order valence-electron chi connectivity index (χ3n) is 12.4. The predicted molar refractivity (Wildman–Crippen MR) is 206 cm³/mol. The summed E-state index contributed by atoms with van der Waals surface area (Å²) in [5.41, 5.74) is -9.83. The summed E-state index contributed by atoms with van der Waals surface area (Å²) in [6, 6.07) is 11.4. The third-order valence-corrected chi connectivity index (χ3v) is 12.4. The Balaban J connectivity index is 1.75. The van der Waals surface area contributed by atoms with Crippen LogP contribution in [-0.4, -0.2) is 125 Å². The van der Waals surface area contributed by atoms with Crippen molar-refractivity contribution in [3.8, 4) is 5.75 Å². The number of para-hydroxylation sites is 1. The van der Waals surface area contributed by atoms with Crippen LogP contribution in [0.25, 0.3) is 0 Å². The molecule has 19 heteroatoms. The lowest BCUT2D eigenvalue weighted by atomic mass is 9.45. The molecule has 2 aliphatic heterocycles. The second-order valence-corrected chi connectivity index (χ2v) is 16.5. The lowest BCUT2D eigenvalue weighted by Gasteiger charge is -2.67. The van der Waals surface area contributed by atoms with Crippen molar-refractivity contribution in [2.24, 2.45) is 17.3 Å². The number of fused-ring (bicyclic) bond motifs is 5. The second kappa shape index (κ2) is 17.2. The summed E-state index contributed by atoms with van der Waals surface area (Å²) in [5, 5.41) is 13.6. The molecule has 4 aliphatic rings. The minimum Gasteiger partial charge on any atom is -0.468 e. The maximum atomic E-state index is 14.5. The molecule has 6 rings (SSSR count). The number of carbonyl (C=O) groups is 7. The van der Waals surface area contributed by atoms with Crippen LogP contribution in [0.4, 0.5) is 0 Å². The summed E-state index contributed by atoms with van der Waals surface area (Å²) in [6.07, 6.45) is -10.0. The van der Waals surface area contributed by atoms with Gasteiger partial charge < -0.3 is 52.5 Å². The zero-order valence-corrected chi connectivity index (χ0v) is 35.8. The molecule has 62 heavy (non-hydrogen) atoms. The molecule has 1 aromatic carbocycles. The average molecular weight is 870 g/mol. The van der Waals surface area contributed by atoms with E-state index in [1.807, 2.05) is 0 Å². The molecule has 4 bridgehead atoms. The predicted octanol–water partition coefficient (Wildman–Crippen LogP) is 2.52. The number of aromatic nitrogens is 1. The van der Waals surface area contributed by atoms with Crippen molar-refractivity contribution in [2.45, 2.75) is 122 Å². The van der Waals surface area contributed by atoms with Crippen LogP contribution in [0.2, 0.25) is 0 Å². The topological polar surface area (TPSA) is 245 Å². The quantitative estimate of drug-likeness (QED) is 0.205. The lowest BCUT2D eigenvalue weighted by Crippen LogP contribution is -2.89. The SMILES string of the molecule is CC(=O)OC[C@@]12[C@H](OC(C)=O)[C@@H](OCOc3ccccc3)[C@@H]3[C@@H](OC(C)=O)[C@@]14O[C@]3(C)COC(=O)c1cccnc1[C@H](C)[C@H](C)C(=O)O[C@@H]([C@H](OC(C)=O)[C@@H]2OC(C)=O)[C@]4(C)O. The molecule has 3 fully saturated rings. The number of hydrogen-bond donors (Lipinski definition) is 1. The number of benzene rings is 1. The van der Waals surface area contributed by atoms with Gasteiger partial charge in [-0.1, -0.05) is 32.0 Å². The smallest absolute Gasteiger partial charge is 0.340 e. The molecule has 2 aliphatic carbocycles. The van der Waals surface area contributed by atoms with Crippen LogP contribution in [0, 0.1) is 17.3 Å². The Kier molecular flexibility index (Phi) is 12.8. The van der Waals surface area contributed by atoms with E-state index in [9.17, 15) is 38.7 Å². The number of esters is 7. The van der Waals surface area contributed by atoms with Gasteiger partial charge in [0, 0.05) is 46.7 Å². The van der Waals surface area contributed by atoms with Gasteiger partial charge >= 0.3 is 41.8 Å². The molecular weight excluding hydrogens is 818 g/mol. The highest BCUT2D eigenvalue weighted by molar-refractivity contribution is 5.91. The first kappa shape index (κ1) is 45.9. The Labute approximate surface area is 356 Å². The monoisotopic (exact) mass is 869 g/mol. The minimum absolute atomic E-state index is 0.0121. The Morgan fingerprint density at radius 3 is 1.97 bits per heavy atom. The van der Waals surface area contributed by atoms with Crippen molar-refractivity contribution < 1.29 is 86.0 Å². The first-order chi connectivity index (χ1) is 29.1. The Hall–Kier alpha value is -5.66. The number of hydrogen-bond acceptors (Lipinski definition) is 19. The molecule has 2 aromatic rings. The van der Waals surface area contributed by atoms with Crippen LogP contribution in [0.1, 0.15) is 84.3 Å². The van der Waals surface area contributed by atoms with Gasteiger partial charge in [-0.2, -0.15) is 0 Å². The Bertz CT molecular complexity index is 2090. The summed E-state index contributed by atoms with van der Waals surface area (Å²) >= 11 is 0. The van der Waals surface area contributed by atoms with Crippen molar-refractivity contribution in [2.75, 3.05) is 20.0 Å². The van der Waals surface area contributed by atoms with Gasteiger partial charge in [0.1, 0.15) is 53.9 Å². The van der Waals surface area contributed by atoms with Crippen molar-refractivity contribution >= 4 is 41.8 Å². The van der Waals surface area contributed by atoms with Gasteiger partial charge in [0.15, 0.2) is 30.7 Å². The maximum absolute atomic E-state index is 14.5. The van der Waals surface area contributed by atoms with Gasteiger partial charge in [0.2, 0.25) is 0 Å². The normalized spacial score (nSPS) is 36.1. The summed E-state index contributed by atoms with van der Waals surface area (Å²) in [7, 11) is 0. The fourth-order valence-corrected chi connectivity index (χ4v) is 9.81. The third kappa shape index (κ3) is 7.74. The van der Waals surface area contributed by atoms with Crippen LogP contribution in [0.3, 0.4) is 0 Å². The van der Waals surface area contributed by atoms with Crippen molar-refractivity contribution in [3.63, 3.8) is 0 Å². The summed E-state index contributed by atoms with van der Waals surface area (Å²) in [4.78, 5) is 99.5. The fraction of sp³-hybridized carbons (Fsp3) is 0.581. The molecule has 1 aromatic heterocycles. The van der Waals surface area contributed by atoms with E-state index in [2.05, 4.69) is 4.98 Å². The molecule has 1 N–H and O–H groups in total. The average Bonchev–Trinajstić information content (AvgIpc) is 3.41. The second-order valence-electron chi connectivity index (χ2n) is 16.5. The van der Waals surface area contributed by atoms with E-state index in [0.717, 1.165) is 41.5 Å². The van der Waals surface area contributed by atoms with Gasteiger partial charge in [0.25, 0.3) is 0 Å². The van der Waals surface area contributed by atoms with E-state index < -0.39 is 138 Å². The molecule has 13 atom stereocenters. The number of cyclic esters (lactones) is 1. The van der Waals surface area contributed by atoms with Gasteiger partial charge in [-0.25, -0.2) is 4.79 Å². The first-order valence-electron chi connectivity index (χ1n) is 20.0. The van der Waals surface area contributed by atoms with E-state index in [4.69, 9.17) is 47.4 Å². The van der Waals surface area contributed by atoms with Crippen LogP contribution in [0.15, 0.2) is 48.7 Å². The zero-order chi connectivity index (χ0) is 45.5. The molecule has 336 valence electrons. The van der Waals surface area contributed by atoms with Gasteiger partial charge in [-0.15, -0.1) is 0 Å². The minimum atomic E-state index is -2.78. The molecule has 2 saturated carbocycles. The van der Waals surface area contributed by atoms with Gasteiger partial charge in [-0.3, -0.25) is 33.8 Å². The van der Waals surface area contributed by atoms with Gasteiger partial charge in [-0.05, 0) is 38.1 Å². The number of ether oxygens (including phenoxy) is 10. The summed E-state index contributed by atoms with van der Waals surface area (Å²) in [6.45, 7) is 8.58. The fourth-order valence-electron chi connectivity index (χ4n) is 9.81. The largest absolute Gasteiger partial charge is 0.468 e. The highest BCUT2D eigenvalue weighted by Crippen LogP contribution is 2.70. The van der Waals surface area contributed by atoms with E-state index in [0.29, 0.717) is 5.75 Å². The molecule has 3 heterocycles. The maximum Gasteiger partial charge on any atom is 0.340 e. The highest BCUT2D eigenvalue weighted by atomic mass is 16.7. The zero-order valence-electron chi connectivity index (χ0n) is 35.8. The molecule has 1 saturated heterocycles. The molecule has 0 radical (unpaired) electrons. The van der Waals surface area contributed by atoms with Crippen molar-refractivity contribution in [1.82, 2.24) is 4.98 Å². The van der Waals surface area contributed by atoms with Crippen LogP contribution < -0.4 is 4.74 Å². The van der Waals surface area contributed by atoms with E-state index in [1.54, 1.807) is 37.3 Å². The summed E-state index contributed by atoms with van der Waals surface area (Å²) in [5.74, 6) is -9.90. The molecule has 19 nitrogen and oxygen atoms in total. The number of carbonyl (C=O) groups excluding carboxylic acids is 7. The van der Waals surface area contributed by atoms with E-state index in [1.165, 1.54) is 32.2 Å². The Morgan fingerprint density at radius 2 is 1.37 bits per heavy atom. The summed E-state index contributed by atoms with van der Waals surface area (Å²) < 4.78 is 61.9. The first-order valence-corrected chi connectivity index (χ1v) is 20.0. The van der Waals surface area contributed by atoms with E-state index >= 15 is 0 Å². The standard InChI is InChI=1S/C43H51NO18/c1-21-22(2)38(50)61-35-33(57-24(4)46)37(60-27(7)49)42(19-53-23(3)45)36(59-26(6)48)32(56-20-55-28-14-11-10-12-15-28)30-34(58-25(5)47)43(42,41(35,9)52)62-40(30,8)18-54-39(51)29-16-13-17-44-31(21)29/h10-17,21-22,30,32-37,52H,18-20H2,1-9H3/t21-,22+,30-,32+,33+,34-,35+,36-,37+,40-,41+,42+,43+/m1/s1. The molecular formula is C43H51NO18. The molecule has 0 unspecified atom stereocenters. The van der Waals surface area contributed by atoms with Crippen LogP contribution >= 0.6 is 0 Å². The number of pyridine rings is 1. The van der Waals surface area contributed by atoms with Crippen LogP contribution in [-0.2, 0) is 71.4 Å². The number of aliphatic hydroxyl groups is 1. The number of nitrogens with zero attached hydrogens (tertiary/aromatic N) is 1. The molecule has 0 amide bonds.